The monoisotopic (exact) mass is 275 g/mol. The molecule has 1 fully saturated rings. The molecule has 0 spiro atoms. The number of carbonyl (C=O) groups is 1. The highest BCUT2D eigenvalue weighted by molar-refractivity contribution is 9.10. The van der Waals surface area contributed by atoms with E-state index in [1.165, 1.54) is 5.56 Å². The van der Waals surface area contributed by atoms with Gasteiger partial charge >= 0.3 is 5.97 Å². The lowest BCUT2D eigenvalue weighted by atomic mass is 10.1. The molecule has 3 nitrogen and oxygen atoms in total. The topological polar surface area (TPSA) is 49.3 Å². The highest BCUT2D eigenvalue weighted by Crippen LogP contribution is 2.33. The number of aliphatic carboxylic acids is 1. The summed E-state index contributed by atoms with van der Waals surface area (Å²) in [6.45, 7) is 0. The second-order valence-electron chi connectivity index (χ2n) is 3.36. The molecule has 0 saturated carbocycles. The Hall–Kier alpha value is -0.390. The fourth-order valence-electron chi connectivity index (χ4n) is 1.72. The lowest BCUT2D eigenvalue weighted by molar-refractivity contribution is -0.139. The van der Waals surface area contributed by atoms with E-state index in [0.29, 0.717) is 6.42 Å². The minimum atomic E-state index is -0.751. The SMILES string of the molecule is O=C(O)C1CCC(c2cscc2Br)N1. The zero-order chi connectivity index (χ0) is 10.1. The molecular weight excluding hydrogens is 266 g/mol. The molecule has 1 aromatic heterocycles. The molecule has 0 bridgehead atoms. The van der Waals surface area contributed by atoms with Gasteiger partial charge in [-0.25, -0.2) is 0 Å². The van der Waals surface area contributed by atoms with Crippen molar-refractivity contribution in [3.63, 3.8) is 0 Å². The highest BCUT2D eigenvalue weighted by Gasteiger charge is 2.30. The van der Waals surface area contributed by atoms with Crippen LogP contribution >= 0.6 is 27.3 Å². The van der Waals surface area contributed by atoms with Gasteiger partial charge in [0.25, 0.3) is 0 Å². The molecule has 2 unspecified atom stereocenters. The lowest BCUT2D eigenvalue weighted by Gasteiger charge is -2.10. The fraction of sp³-hybridized carbons (Fsp3) is 0.444. The first-order valence-corrected chi connectivity index (χ1v) is 6.12. The minimum Gasteiger partial charge on any atom is -0.480 e. The molecule has 14 heavy (non-hydrogen) atoms. The van der Waals surface area contributed by atoms with E-state index in [9.17, 15) is 4.79 Å². The number of halogens is 1. The summed E-state index contributed by atoms with van der Waals surface area (Å²) in [5.74, 6) is -0.751. The average Bonchev–Trinajstić information content (AvgIpc) is 2.71. The molecular formula is C9H10BrNO2S. The maximum atomic E-state index is 10.7. The summed E-state index contributed by atoms with van der Waals surface area (Å²) in [6.07, 6.45) is 1.61. The molecule has 5 heteroatoms. The van der Waals surface area contributed by atoms with Gasteiger partial charge in [-0.2, -0.15) is 11.3 Å². The number of rotatable bonds is 2. The summed E-state index contributed by atoms with van der Waals surface area (Å²) in [5.41, 5.74) is 1.18. The van der Waals surface area contributed by atoms with Crippen LogP contribution in [0.1, 0.15) is 24.4 Å². The highest BCUT2D eigenvalue weighted by atomic mass is 79.9. The number of carboxylic acids is 1. The Kier molecular flexibility index (Phi) is 2.90. The van der Waals surface area contributed by atoms with Gasteiger partial charge in [-0.3, -0.25) is 10.1 Å². The van der Waals surface area contributed by atoms with E-state index < -0.39 is 5.97 Å². The van der Waals surface area contributed by atoms with Crippen LogP contribution in [0.15, 0.2) is 15.2 Å². The van der Waals surface area contributed by atoms with Crippen molar-refractivity contribution < 1.29 is 9.90 Å². The van der Waals surface area contributed by atoms with E-state index in [-0.39, 0.29) is 12.1 Å². The zero-order valence-electron chi connectivity index (χ0n) is 7.37. The third kappa shape index (κ3) is 1.85. The maximum absolute atomic E-state index is 10.7. The van der Waals surface area contributed by atoms with E-state index in [0.717, 1.165) is 10.9 Å². The summed E-state index contributed by atoms with van der Waals surface area (Å²) in [4.78, 5) is 10.7. The van der Waals surface area contributed by atoms with E-state index >= 15 is 0 Å². The van der Waals surface area contributed by atoms with Crippen LogP contribution in [0.4, 0.5) is 0 Å². The largest absolute Gasteiger partial charge is 0.480 e. The Labute approximate surface area is 94.3 Å². The van der Waals surface area contributed by atoms with Crippen molar-refractivity contribution in [2.24, 2.45) is 0 Å². The number of nitrogens with one attached hydrogen (secondary N) is 1. The van der Waals surface area contributed by atoms with Crippen molar-refractivity contribution in [3.05, 3.63) is 20.8 Å². The van der Waals surface area contributed by atoms with Crippen LogP contribution in [-0.4, -0.2) is 17.1 Å². The molecule has 1 aliphatic rings. The van der Waals surface area contributed by atoms with Gasteiger partial charge in [0.15, 0.2) is 0 Å². The van der Waals surface area contributed by atoms with Crippen LogP contribution in [0, 0.1) is 0 Å². The minimum absolute atomic E-state index is 0.191. The number of hydrogen-bond acceptors (Lipinski definition) is 3. The van der Waals surface area contributed by atoms with Gasteiger partial charge in [-0.1, -0.05) is 0 Å². The molecule has 2 N–H and O–H groups in total. The van der Waals surface area contributed by atoms with Gasteiger partial charge in [0, 0.05) is 15.9 Å². The van der Waals surface area contributed by atoms with E-state index in [1.807, 2.05) is 5.38 Å². The standard InChI is InChI=1S/C9H10BrNO2S/c10-6-4-14-3-5(6)7-1-2-8(11-7)9(12)13/h3-4,7-8,11H,1-2H2,(H,12,13). The van der Waals surface area contributed by atoms with E-state index in [1.54, 1.807) is 11.3 Å². The van der Waals surface area contributed by atoms with E-state index in [2.05, 4.69) is 26.6 Å². The molecule has 1 saturated heterocycles. The molecule has 0 amide bonds. The summed E-state index contributed by atoms with van der Waals surface area (Å²) in [6, 6.07) is -0.191. The predicted molar refractivity (Wildman–Crippen MR) is 58.6 cm³/mol. The molecule has 0 aliphatic carbocycles. The Balaban J connectivity index is 2.10. The summed E-state index contributed by atoms with van der Waals surface area (Å²) < 4.78 is 1.08. The molecule has 2 atom stereocenters. The van der Waals surface area contributed by atoms with Crippen LogP contribution < -0.4 is 5.32 Å². The first-order chi connectivity index (χ1) is 6.68. The van der Waals surface area contributed by atoms with Crippen LogP contribution in [0.2, 0.25) is 0 Å². The molecule has 76 valence electrons. The number of carboxylic acid groups (broad SMARTS) is 1. The second kappa shape index (κ2) is 4.00. The molecule has 0 radical (unpaired) electrons. The fourth-order valence-corrected chi connectivity index (χ4v) is 3.35. The summed E-state index contributed by atoms with van der Waals surface area (Å²) in [5, 5.41) is 16.0. The second-order valence-corrected chi connectivity index (χ2v) is 4.96. The van der Waals surface area contributed by atoms with Crippen LogP contribution in [0.3, 0.4) is 0 Å². The first-order valence-electron chi connectivity index (χ1n) is 4.39. The van der Waals surface area contributed by atoms with Crippen molar-refractivity contribution in [1.82, 2.24) is 5.32 Å². The number of hydrogen-bond donors (Lipinski definition) is 2. The summed E-state index contributed by atoms with van der Waals surface area (Å²) in [7, 11) is 0. The van der Waals surface area contributed by atoms with Gasteiger partial charge in [-0.15, -0.1) is 0 Å². The number of thiophene rings is 1. The summed E-state index contributed by atoms with van der Waals surface area (Å²) >= 11 is 5.08. The van der Waals surface area contributed by atoms with E-state index in [4.69, 9.17) is 5.11 Å². The molecule has 1 aliphatic heterocycles. The zero-order valence-corrected chi connectivity index (χ0v) is 9.77. The van der Waals surface area contributed by atoms with Crippen molar-refractivity contribution in [3.8, 4) is 0 Å². The van der Waals surface area contributed by atoms with Crippen molar-refractivity contribution >= 4 is 33.2 Å². The van der Waals surface area contributed by atoms with Crippen molar-refractivity contribution in [1.29, 1.82) is 0 Å². The van der Waals surface area contributed by atoms with Crippen LogP contribution in [-0.2, 0) is 4.79 Å². The lowest BCUT2D eigenvalue weighted by Crippen LogP contribution is -2.31. The van der Waals surface area contributed by atoms with Crippen molar-refractivity contribution in [2.45, 2.75) is 24.9 Å². The Morgan fingerprint density at radius 3 is 2.86 bits per heavy atom. The Morgan fingerprint density at radius 1 is 1.57 bits per heavy atom. The molecule has 2 heterocycles. The quantitative estimate of drug-likeness (QED) is 0.872. The Morgan fingerprint density at radius 2 is 2.36 bits per heavy atom. The van der Waals surface area contributed by atoms with Crippen molar-refractivity contribution in [2.75, 3.05) is 0 Å². The van der Waals surface area contributed by atoms with Gasteiger partial charge < -0.3 is 5.11 Å². The van der Waals surface area contributed by atoms with Crippen LogP contribution in [0.5, 0.6) is 0 Å². The molecule has 0 aromatic carbocycles. The van der Waals surface area contributed by atoms with Gasteiger partial charge in [0.2, 0.25) is 0 Å². The average molecular weight is 276 g/mol. The maximum Gasteiger partial charge on any atom is 0.320 e. The molecule has 2 rings (SSSR count). The van der Waals surface area contributed by atoms with Gasteiger partial charge in [-0.05, 0) is 39.7 Å². The Bertz CT molecular complexity index is 352. The third-order valence-corrected chi connectivity index (χ3v) is 4.21. The van der Waals surface area contributed by atoms with Gasteiger partial charge in [0.05, 0.1) is 0 Å². The third-order valence-electron chi connectivity index (χ3n) is 2.46. The van der Waals surface area contributed by atoms with Crippen LogP contribution in [0.25, 0.3) is 0 Å². The first kappa shape index (κ1) is 10.1. The smallest absolute Gasteiger partial charge is 0.320 e. The molecule has 1 aromatic rings. The van der Waals surface area contributed by atoms with Gasteiger partial charge in [0.1, 0.15) is 6.04 Å². The predicted octanol–water partition coefficient (Wildman–Crippen LogP) is 2.39. The normalized spacial score (nSPS) is 26.6.